The molecule has 0 spiro atoms. The van der Waals surface area contributed by atoms with Gasteiger partial charge in [-0.3, -0.25) is 5.41 Å². The highest BCUT2D eigenvalue weighted by molar-refractivity contribution is 6.01. The summed E-state index contributed by atoms with van der Waals surface area (Å²) in [5.41, 5.74) is 9.17. The topological polar surface area (TPSA) is 53.1 Å². The first-order chi connectivity index (χ1) is 9.16. The van der Waals surface area contributed by atoms with Crippen molar-refractivity contribution < 1.29 is 4.39 Å². The Morgan fingerprint density at radius 1 is 1.16 bits per heavy atom. The minimum absolute atomic E-state index is 0.112. The summed E-state index contributed by atoms with van der Waals surface area (Å²) < 4.78 is 13.3. The fourth-order valence-electron chi connectivity index (χ4n) is 2.55. The number of nitrogen functional groups attached to an aromatic ring is 1. The standard InChI is InChI=1S/C15H14FN3/c16-11-5-6-14(12(9-11)15(17)18)19-8-7-10-3-1-2-4-13(10)19/h1-6,9H,7-8H2,(H3,17,18). The van der Waals surface area contributed by atoms with E-state index in [-0.39, 0.29) is 11.7 Å². The Balaban J connectivity index is 2.12. The normalized spacial score (nSPS) is 13.4. The van der Waals surface area contributed by atoms with Gasteiger partial charge in [-0.25, -0.2) is 4.39 Å². The van der Waals surface area contributed by atoms with Crippen LogP contribution in [0.15, 0.2) is 42.5 Å². The Kier molecular flexibility index (Phi) is 2.71. The number of anilines is 2. The Bertz CT molecular complexity index is 652. The molecule has 0 amide bonds. The van der Waals surface area contributed by atoms with Crippen LogP contribution >= 0.6 is 0 Å². The zero-order valence-electron chi connectivity index (χ0n) is 10.4. The minimum atomic E-state index is -0.374. The first-order valence-electron chi connectivity index (χ1n) is 6.16. The van der Waals surface area contributed by atoms with Gasteiger partial charge in [0.05, 0.1) is 5.69 Å². The first kappa shape index (κ1) is 11.7. The lowest BCUT2D eigenvalue weighted by molar-refractivity contribution is 0.627. The van der Waals surface area contributed by atoms with Gasteiger partial charge in [-0.1, -0.05) is 18.2 Å². The van der Waals surface area contributed by atoms with Gasteiger partial charge in [-0.05, 0) is 36.2 Å². The van der Waals surface area contributed by atoms with Crippen LogP contribution in [0.5, 0.6) is 0 Å². The Hall–Kier alpha value is -2.36. The van der Waals surface area contributed by atoms with E-state index in [4.69, 9.17) is 11.1 Å². The van der Waals surface area contributed by atoms with Crippen molar-refractivity contribution in [1.29, 1.82) is 5.41 Å². The van der Waals surface area contributed by atoms with E-state index in [0.29, 0.717) is 5.56 Å². The van der Waals surface area contributed by atoms with Gasteiger partial charge in [0.15, 0.2) is 0 Å². The second-order valence-corrected chi connectivity index (χ2v) is 4.61. The van der Waals surface area contributed by atoms with Crippen LogP contribution in [0, 0.1) is 11.2 Å². The molecule has 2 aromatic rings. The van der Waals surface area contributed by atoms with E-state index in [2.05, 4.69) is 11.0 Å². The smallest absolute Gasteiger partial charge is 0.125 e. The summed E-state index contributed by atoms with van der Waals surface area (Å²) in [6, 6.07) is 12.5. The van der Waals surface area contributed by atoms with Crippen LogP contribution in [0.4, 0.5) is 15.8 Å². The molecule has 0 radical (unpaired) electrons. The first-order valence-corrected chi connectivity index (χ1v) is 6.16. The molecule has 3 nitrogen and oxygen atoms in total. The van der Waals surface area contributed by atoms with E-state index in [1.165, 1.54) is 17.7 Å². The Morgan fingerprint density at radius 3 is 2.74 bits per heavy atom. The fourth-order valence-corrected chi connectivity index (χ4v) is 2.55. The van der Waals surface area contributed by atoms with Crippen LogP contribution in [0.1, 0.15) is 11.1 Å². The molecule has 19 heavy (non-hydrogen) atoms. The van der Waals surface area contributed by atoms with Crippen molar-refractivity contribution in [2.45, 2.75) is 6.42 Å². The molecule has 0 bridgehead atoms. The highest BCUT2D eigenvalue weighted by atomic mass is 19.1. The van der Waals surface area contributed by atoms with Crippen LogP contribution in [0.3, 0.4) is 0 Å². The molecule has 0 unspecified atom stereocenters. The molecular formula is C15H14FN3. The summed E-state index contributed by atoms with van der Waals surface area (Å²) in [5, 5.41) is 7.61. The van der Waals surface area contributed by atoms with Crippen LogP contribution < -0.4 is 10.6 Å². The highest BCUT2D eigenvalue weighted by Gasteiger charge is 2.22. The number of hydrogen-bond acceptors (Lipinski definition) is 2. The average Bonchev–Trinajstić information content (AvgIpc) is 2.82. The molecule has 4 heteroatoms. The van der Waals surface area contributed by atoms with Gasteiger partial charge in [0, 0.05) is 17.8 Å². The van der Waals surface area contributed by atoms with Crippen molar-refractivity contribution in [3.8, 4) is 0 Å². The number of rotatable bonds is 2. The third kappa shape index (κ3) is 1.95. The van der Waals surface area contributed by atoms with Gasteiger partial charge in [0.2, 0.25) is 0 Å². The number of halogens is 1. The lowest BCUT2D eigenvalue weighted by Crippen LogP contribution is -2.20. The number of nitrogens with zero attached hydrogens (tertiary/aromatic N) is 1. The van der Waals surface area contributed by atoms with E-state index in [9.17, 15) is 4.39 Å². The quantitative estimate of drug-likeness (QED) is 0.640. The molecule has 0 atom stereocenters. The molecule has 3 N–H and O–H groups in total. The summed E-state index contributed by atoms with van der Waals surface area (Å²) in [4.78, 5) is 2.09. The molecule has 0 saturated carbocycles. The summed E-state index contributed by atoms with van der Waals surface area (Å²) in [6.07, 6.45) is 0.949. The number of amidine groups is 1. The maximum Gasteiger partial charge on any atom is 0.125 e. The van der Waals surface area contributed by atoms with Crippen LogP contribution in [0.2, 0.25) is 0 Å². The van der Waals surface area contributed by atoms with Crippen molar-refractivity contribution in [1.82, 2.24) is 0 Å². The molecule has 1 aliphatic rings. The predicted octanol–water partition coefficient (Wildman–Crippen LogP) is 2.80. The van der Waals surface area contributed by atoms with Gasteiger partial charge in [0.25, 0.3) is 0 Å². The van der Waals surface area contributed by atoms with Crippen LogP contribution in [0.25, 0.3) is 0 Å². The van der Waals surface area contributed by atoms with E-state index >= 15 is 0 Å². The number of fused-ring (bicyclic) bond motifs is 1. The molecule has 0 fully saturated rings. The molecule has 2 aromatic carbocycles. The highest BCUT2D eigenvalue weighted by Crippen LogP contribution is 2.36. The molecule has 96 valence electrons. The maximum absolute atomic E-state index is 13.3. The number of nitrogens with two attached hydrogens (primary N) is 1. The molecule has 0 aromatic heterocycles. The summed E-state index contributed by atoms with van der Waals surface area (Å²) in [5.74, 6) is -0.486. The number of para-hydroxylation sites is 1. The van der Waals surface area contributed by atoms with Gasteiger partial charge < -0.3 is 10.6 Å². The zero-order chi connectivity index (χ0) is 13.4. The van der Waals surface area contributed by atoms with Crippen molar-refractivity contribution in [2.24, 2.45) is 5.73 Å². The Labute approximate surface area is 111 Å². The summed E-state index contributed by atoms with van der Waals surface area (Å²) >= 11 is 0. The molecule has 1 heterocycles. The van der Waals surface area contributed by atoms with Crippen molar-refractivity contribution in [3.05, 3.63) is 59.4 Å². The van der Waals surface area contributed by atoms with E-state index in [1.54, 1.807) is 6.07 Å². The second-order valence-electron chi connectivity index (χ2n) is 4.61. The van der Waals surface area contributed by atoms with Gasteiger partial charge in [0.1, 0.15) is 11.7 Å². The van der Waals surface area contributed by atoms with E-state index in [0.717, 1.165) is 24.3 Å². The Morgan fingerprint density at radius 2 is 1.95 bits per heavy atom. The molecule has 3 rings (SSSR count). The number of benzene rings is 2. The molecule has 0 saturated heterocycles. The lowest BCUT2D eigenvalue weighted by atomic mass is 10.1. The van der Waals surface area contributed by atoms with Crippen LogP contribution in [-0.2, 0) is 6.42 Å². The maximum atomic E-state index is 13.3. The molecular weight excluding hydrogens is 241 g/mol. The van der Waals surface area contributed by atoms with Gasteiger partial charge >= 0.3 is 0 Å². The van der Waals surface area contributed by atoms with Gasteiger partial charge in [-0.2, -0.15) is 0 Å². The van der Waals surface area contributed by atoms with Crippen LogP contribution in [-0.4, -0.2) is 12.4 Å². The minimum Gasteiger partial charge on any atom is -0.384 e. The largest absolute Gasteiger partial charge is 0.384 e. The average molecular weight is 255 g/mol. The van der Waals surface area contributed by atoms with Crippen molar-refractivity contribution in [3.63, 3.8) is 0 Å². The zero-order valence-corrected chi connectivity index (χ0v) is 10.4. The fraction of sp³-hybridized carbons (Fsp3) is 0.133. The summed E-state index contributed by atoms with van der Waals surface area (Å²) in [7, 11) is 0. The van der Waals surface area contributed by atoms with E-state index < -0.39 is 0 Å². The lowest BCUT2D eigenvalue weighted by Gasteiger charge is -2.22. The van der Waals surface area contributed by atoms with Gasteiger partial charge in [-0.15, -0.1) is 0 Å². The van der Waals surface area contributed by atoms with E-state index in [1.807, 2.05) is 18.2 Å². The third-order valence-corrected chi connectivity index (χ3v) is 3.43. The third-order valence-electron chi connectivity index (χ3n) is 3.43. The number of hydrogen-bond donors (Lipinski definition) is 2. The van der Waals surface area contributed by atoms with Crippen molar-refractivity contribution in [2.75, 3.05) is 11.4 Å². The second kappa shape index (κ2) is 4.39. The predicted molar refractivity (Wildman–Crippen MR) is 74.6 cm³/mol. The van der Waals surface area contributed by atoms with Crippen molar-refractivity contribution >= 4 is 17.2 Å². The summed E-state index contributed by atoms with van der Waals surface area (Å²) in [6.45, 7) is 0.825. The monoisotopic (exact) mass is 255 g/mol. The molecule has 0 aliphatic carbocycles. The SMILES string of the molecule is N=C(N)c1cc(F)ccc1N1CCc2ccccc21. The molecule has 1 aliphatic heterocycles. The number of nitrogens with one attached hydrogen (secondary N) is 1.